The molecule has 7 heteroatoms. The van der Waals surface area contributed by atoms with Gasteiger partial charge in [0.2, 0.25) is 5.91 Å². The average molecular weight is 348 g/mol. The van der Waals surface area contributed by atoms with Crippen molar-refractivity contribution in [3.63, 3.8) is 0 Å². The number of ether oxygens (including phenoxy) is 1. The van der Waals surface area contributed by atoms with Crippen LogP contribution >= 0.6 is 0 Å². The summed E-state index contributed by atoms with van der Waals surface area (Å²) in [5.41, 5.74) is 0.546. The molecule has 0 radical (unpaired) electrons. The molecule has 0 aromatic heterocycles. The van der Waals surface area contributed by atoms with E-state index in [0.717, 1.165) is 5.39 Å². The van der Waals surface area contributed by atoms with Crippen LogP contribution in [-0.2, 0) is 19.6 Å². The van der Waals surface area contributed by atoms with Crippen LogP contribution in [0.5, 0.6) is 0 Å². The summed E-state index contributed by atoms with van der Waals surface area (Å²) >= 11 is 0. The fourth-order valence-electron chi connectivity index (χ4n) is 3.10. The molecule has 24 heavy (non-hydrogen) atoms. The molecule has 2 aromatic rings. The number of sulfonamides is 1. The maximum absolute atomic E-state index is 12.9. The van der Waals surface area contributed by atoms with Gasteiger partial charge in [0.25, 0.3) is 10.0 Å². The van der Waals surface area contributed by atoms with Crippen LogP contribution in [-0.4, -0.2) is 40.1 Å². The number of amides is 1. The second-order valence-electron chi connectivity index (χ2n) is 5.97. The van der Waals surface area contributed by atoms with E-state index < -0.39 is 16.1 Å². The van der Waals surface area contributed by atoms with Crippen LogP contribution in [0.3, 0.4) is 0 Å². The Bertz CT molecular complexity index is 889. The van der Waals surface area contributed by atoms with E-state index in [4.69, 9.17) is 4.74 Å². The van der Waals surface area contributed by atoms with Gasteiger partial charge in [-0.1, -0.05) is 24.3 Å². The maximum Gasteiger partial charge on any atom is 0.265 e. The minimum Gasteiger partial charge on any atom is -0.383 e. The second-order valence-corrected chi connectivity index (χ2v) is 7.76. The Labute approximate surface area is 141 Å². The van der Waals surface area contributed by atoms with Crippen molar-refractivity contribution in [2.75, 3.05) is 18.0 Å². The van der Waals surface area contributed by atoms with Crippen molar-refractivity contribution in [3.8, 4) is 0 Å². The molecule has 0 saturated heterocycles. The zero-order valence-electron chi connectivity index (χ0n) is 13.8. The summed E-state index contributed by atoms with van der Waals surface area (Å²) in [6.07, 6.45) is 0. The second kappa shape index (κ2) is 6.07. The largest absolute Gasteiger partial charge is 0.383 e. The molecule has 1 N–H and O–H groups in total. The van der Waals surface area contributed by atoms with Crippen molar-refractivity contribution >= 4 is 32.4 Å². The Morgan fingerprint density at radius 3 is 2.54 bits per heavy atom. The number of anilines is 1. The Morgan fingerprint density at radius 1 is 1.21 bits per heavy atom. The Morgan fingerprint density at radius 2 is 1.88 bits per heavy atom. The van der Waals surface area contributed by atoms with Crippen LogP contribution in [0, 0.1) is 0 Å². The number of carbonyl (C=O) groups is 1. The van der Waals surface area contributed by atoms with E-state index in [-0.39, 0.29) is 16.8 Å². The number of carbonyl (C=O) groups excluding carboxylic acids is 1. The molecule has 2 aromatic carbocycles. The quantitative estimate of drug-likeness (QED) is 0.895. The molecule has 0 saturated carbocycles. The monoisotopic (exact) mass is 348 g/mol. The number of rotatable bonds is 5. The van der Waals surface area contributed by atoms with Crippen LogP contribution in [0.25, 0.3) is 10.8 Å². The predicted molar refractivity (Wildman–Crippen MR) is 92.6 cm³/mol. The van der Waals surface area contributed by atoms with E-state index >= 15 is 0 Å². The first-order chi connectivity index (χ1) is 11.4. The summed E-state index contributed by atoms with van der Waals surface area (Å²) in [7, 11) is -2.20. The number of methoxy groups -OCH3 is 1. The highest BCUT2D eigenvalue weighted by Gasteiger charge is 2.40. The molecule has 6 nitrogen and oxygen atoms in total. The fraction of sp³-hybridized carbons (Fsp3) is 0.353. The molecule has 1 heterocycles. The van der Waals surface area contributed by atoms with E-state index in [1.165, 1.54) is 4.31 Å². The number of nitrogens with one attached hydrogen (secondary N) is 1. The van der Waals surface area contributed by atoms with Gasteiger partial charge in [-0.3, -0.25) is 9.10 Å². The summed E-state index contributed by atoms with van der Waals surface area (Å²) in [6.45, 7) is 3.76. The van der Waals surface area contributed by atoms with Gasteiger partial charge in [-0.05, 0) is 31.4 Å². The average Bonchev–Trinajstić information content (AvgIpc) is 2.76. The number of benzene rings is 2. The van der Waals surface area contributed by atoms with Gasteiger partial charge in [0.1, 0.15) is 6.04 Å². The summed E-state index contributed by atoms with van der Waals surface area (Å²) in [5, 5.41) is 4.30. The highest BCUT2D eigenvalue weighted by atomic mass is 32.2. The van der Waals surface area contributed by atoms with Crippen molar-refractivity contribution < 1.29 is 17.9 Å². The van der Waals surface area contributed by atoms with Gasteiger partial charge in [-0.2, -0.15) is 0 Å². The van der Waals surface area contributed by atoms with E-state index in [1.54, 1.807) is 38.3 Å². The Balaban J connectivity index is 2.01. The number of nitrogens with zero attached hydrogens (tertiary/aromatic N) is 1. The first-order valence-electron chi connectivity index (χ1n) is 7.73. The van der Waals surface area contributed by atoms with Crippen LogP contribution < -0.4 is 9.62 Å². The van der Waals surface area contributed by atoms with Gasteiger partial charge in [0, 0.05) is 18.5 Å². The van der Waals surface area contributed by atoms with Crippen molar-refractivity contribution in [2.24, 2.45) is 0 Å². The van der Waals surface area contributed by atoms with E-state index in [9.17, 15) is 13.2 Å². The highest BCUT2D eigenvalue weighted by Crippen LogP contribution is 2.43. The molecule has 0 aliphatic carbocycles. The Hall–Kier alpha value is -2.12. The molecule has 2 atom stereocenters. The molecule has 0 spiro atoms. The third kappa shape index (κ3) is 2.53. The molecule has 3 rings (SSSR count). The third-order valence-electron chi connectivity index (χ3n) is 4.16. The molecule has 0 bridgehead atoms. The summed E-state index contributed by atoms with van der Waals surface area (Å²) < 4.78 is 32.1. The smallest absolute Gasteiger partial charge is 0.265 e. The van der Waals surface area contributed by atoms with Gasteiger partial charge in [0.15, 0.2) is 0 Å². The molecule has 0 unspecified atom stereocenters. The molecule has 128 valence electrons. The maximum atomic E-state index is 12.9. The van der Waals surface area contributed by atoms with Crippen molar-refractivity contribution in [3.05, 3.63) is 36.4 Å². The highest BCUT2D eigenvalue weighted by molar-refractivity contribution is 7.93. The lowest BCUT2D eigenvalue weighted by Gasteiger charge is -2.26. The molecular weight excluding hydrogens is 328 g/mol. The summed E-state index contributed by atoms with van der Waals surface area (Å²) in [4.78, 5) is 12.8. The SMILES string of the molecule is COC[C@@H](C)NC(=O)[C@@H](C)N1c2cccc3cccc(c23)S1(=O)=O. The van der Waals surface area contributed by atoms with Crippen LogP contribution in [0.2, 0.25) is 0 Å². The van der Waals surface area contributed by atoms with Crippen molar-refractivity contribution in [1.82, 2.24) is 5.32 Å². The zero-order valence-corrected chi connectivity index (χ0v) is 14.6. The zero-order chi connectivity index (χ0) is 17.5. The third-order valence-corrected chi connectivity index (χ3v) is 6.08. The predicted octanol–water partition coefficient (Wildman–Crippen LogP) is 1.89. The van der Waals surface area contributed by atoms with Crippen LogP contribution in [0.15, 0.2) is 41.3 Å². The lowest BCUT2D eigenvalue weighted by Crippen LogP contribution is -2.49. The normalized spacial score (nSPS) is 17.7. The van der Waals surface area contributed by atoms with Gasteiger partial charge < -0.3 is 10.1 Å². The molecule has 1 aliphatic rings. The Kier molecular flexibility index (Phi) is 4.23. The number of hydrogen-bond donors (Lipinski definition) is 1. The summed E-state index contributed by atoms with van der Waals surface area (Å²) in [5.74, 6) is -0.354. The fourth-order valence-corrected chi connectivity index (χ4v) is 4.97. The van der Waals surface area contributed by atoms with E-state index in [0.29, 0.717) is 17.7 Å². The topological polar surface area (TPSA) is 75.7 Å². The van der Waals surface area contributed by atoms with Crippen molar-refractivity contribution in [1.29, 1.82) is 0 Å². The van der Waals surface area contributed by atoms with E-state index in [1.807, 2.05) is 19.1 Å². The van der Waals surface area contributed by atoms with Gasteiger partial charge in [0.05, 0.1) is 17.2 Å². The van der Waals surface area contributed by atoms with E-state index in [2.05, 4.69) is 5.32 Å². The molecule has 1 aliphatic heterocycles. The standard InChI is InChI=1S/C17H20N2O4S/c1-11(10-23-3)18-17(20)12(2)19-14-8-4-6-13-7-5-9-15(16(13)14)24(19,21)22/h4-9,11-12H,10H2,1-3H3,(H,18,20)/t11-,12-/m1/s1. The molecule has 0 fully saturated rings. The molecule has 1 amide bonds. The molecular formula is C17H20N2O4S. The minimum atomic E-state index is -3.75. The number of hydrogen-bond acceptors (Lipinski definition) is 4. The first kappa shape index (κ1) is 16.7. The van der Waals surface area contributed by atoms with Crippen molar-refractivity contribution in [2.45, 2.75) is 30.8 Å². The summed E-state index contributed by atoms with van der Waals surface area (Å²) in [6, 6.07) is 9.51. The van der Waals surface area contributed by atoms with Crippen LogP contribution in [0.4, 0.5) is 5.69 Å². The van der Waals surface area contributed by atoms with Gasteiger partial charge in [-0.15, -0.1) is 0 Å². The first-order valence-corrected chi connectivity index (χ1v) is 9.17. The minimum absolute atomic E-state index is 0.201. The lowest BCUT2D eigenvalue weighted by atomic mass is 10.1. The van der Waals surface area contributed by atoms with Gasteiger partial charge in [-0.25, -0.2) is 8.42 Å². The van der Waals surface area contributed by atoms with Crippen LogP contribution in [0.1, 0.15) is 13.8 Å². The lowest BCUT2D eigenvalue weighted by molar-refractivity contribution is -0.122. The van der Waals surface area contributed by atoms with Gasteiger partial charge >= 0.3 is 0 Å².